The fourth-order valence-corrected chi connectivity index (χ4v) is 2.56. The lowest BCUT2D eigenvalue weighted by atomic mass is 10.1. The Bertz CT molecular complexity index is 864. The van der Waals surface area contributed by atoms with E-state index in [-0.39, 0.29) is 18.9 Å². The number of aryl methyl sites for hydroxylation is 1. The molecule has 0 aliphatic rings. The van der Waals surface area contributed by atoms with Gasteiger partial charge < -0.3 is 14.4 Å². The molecule has 0 aliphatic carbocycles. The van der Waals surface area contributed by atoms with Gasteiger partial charge in [0.1, 0.15) is 23.1 Å². The quantitative estimate of drug-likeness (QED) is 0.725. The standard InChI is InChI=1S/C17H15ClN2O4/c1-10(13-4-2-3-7-19-13)23-16-9-14-11(8-12(16)18)15(24-20-14)5-6-17(21)22/h2-4,7-10H,5-6H2,1H3,(H,21,22). The van der Waals surface area contributed by atoms with Crippen LogP contribution in [0.4, 0.5) is 0 Å². The van der Waals surface area contributed by atoms with Gasteiger partial charge in [-0.3, -0.25) is 9.78 Å². The summed E-state index contributed by atoms with van der Waals surface area (Å²) in [5.74, 6) is 0.0776. The van der Waals surface area contributed by atoms with E-state index in [0.29, 0.717) is 27.4 Å². The topological polar surface area (TPSA) is 85.5 Å². The van der Waals surface area contributed by atoms with Crippen LogP contribution in [0.2, 0.25) is 5.02 Å². The van der Waals surface area contributed by atoms with Crippen molar-refractivity contribution in [2.24, 2.45) is 0 Å². The summed E-state index contributed by atoms with van der Waals surface area (Å²) in [5.41, 5.74) is 1.36. The minimum atomic E-state index is -0.894. The third-order valence-electron chi connectivity index (χ3n) is 3.58. The summed E-state index contributed by atoms with van der Waals surface area (Å²) in [7, 11) is 0. The lowest BCUT2D eigenvalue weighted by molar-refractivity contribution is -0.137. The molecule has 0 aliphatic heterocycles. The molecule has 0 bridgehead atoms. The minimum absolute atomic E-state index is 0.0309. The highest BCUT2D eigenvalue weighted by atomic mass is 35.5. The van der Waals surface area contributed by atoms with Crippen LogP contribution in [0.1, 0.15) is 30.9 Å². The molecule has 1 N–H and O–H groups in total. The van der Waals surface area contributed by atoms with Gasteiger partial charge in [0.25, 0.3) is 0 Å². The van der Waals surface area contributed by atoms with Gasteiger partial charge in [-0.25, -0.2) is 0 Å². The average Bonchev–Trinajstić information content (AvgIpc) is 2.96. The highest BCUT2D eigenvalue weighted by Gasteiger charge is 2.16. The summed E-state index contributed by atoms with van der Waals surface area (Å²) < 4.78 is 11.1. The molecular weight excluding hydrogens is 332 g/mol. The van der Waals surface area contributed by atoms with Crippen LogP contribution in [-0.4, -0.2) is 21.2 Å². The number of rotatable bonds is 6. The van der Waals surface area contributed by atoms with Gasteiger partial charge in [0.2, 0.25) is 0 Å². The van der Waals surface area contributed by atoms with Crippen LogP contribution in [0.3, 0.4) is 0 Å². The number of hydrogen-bond acceptors (Lipinski definition) is 5. The molecule has 0 radical (unpaired) electrons. The molecule has 0 fully saturated rings. The molecule has 2 heterocycles. The number of aromatic nitrogens is 2. The highest BCUT2D eigenvalue weighted by molar-refractivity contribution is 6.32. The number of fused-ring (bicyclic) bond motifs is 1. The van der Waals surface area contributed by atoms with Gasteiger partial charge in [-0.05, 0) is 25.1 Å². The summed E-state index contributed by atoms with van der Waals surface area (Å²) in [5, 5.41) is 13.8. The highest BCUT2D eigenvalue weighted by Crippen LogP contribution is 2.34. The summed E-state index contributed by atoms with van der Waals surface area (Å²) in [6, 6.07) is 8.97. The van der Waals surface area contributed by atoms with Crippen LogP contribution < -0.4 is 4.74 Å². The van der Waals surface area contributed by atoms with Crippen molar-refractivity contribution in [1.29, 1.82) is 0 Å². The number of benzene rings is 1. The molecule has 7 heteroatoms. The molecule has 1 unspecified atom stereocenters. The van der Waals surface area contributed by atoms with Gasteiger partial charge in [-0.1, -0.05) is 22.8 Å². The van der Waals surface area contributed by atoms with E-state index in [2.05, 4.69) is 10.1 Å². The van der Waals surface area contributed by atoms with Crippen LogP contribution >= 0.6 is 11.6 Å². The second-order valence-electron chi connectivity index (χ2n) is 5.31. The third-order valence-corrected chi connectivity index (χ3v) is 3.87. The average molecular weight is 347 g/mol. The Labute approximate surface area is 143 Å². The van der Waals surface area contributed by atoms with Crippen LogP contribution in [0.5, 0.6) is 5.75 Å². The summed E-state index contributed by atoms with van der Waals surface area (Å²) in [4.78, 5) is 14.9. The summed E-state index contributed by atoms with van der Waals surface area (Å²) in [6.45, 7) is 1.88. The van der Waals surface area contributed by atoms with Crippen molar-refractivity contribution in [2.45, 2.75) is 25.9 Å². The second kappa shape index (κ2) is 6.88. The minimum Gasteiger partial charge on any atom is -0.483 e. The second-order valence-corrected chi connectivity index (χ2v) is 5.72. The normalized spacial score (nSPS) is 12.2. The Morgan fingerprint density at radius 3 is 2.96 bits per heavy atom. The monoisotopic (exact) mass is 346 g/mol. The number of nitrogens with zero attached hydrogens (tertiary/aromatic N) is 2. The Kier molecular flexibility index (Phi) is 4.66. The van der Waals surface area contributed by atoms with E-state index in [1.54, 1.807) is 18.3 Å². The van der Waals surface area contributed by atoms with Gasteiger partial charge in [-0.15, -0.1) is 0 Å². The Morgan fingerprint density at radius 2 is 2.25 bits per heavy atom. The number of carboxylic acids is 1. The van der Waals surface area contributed by atoms with Crippen molar-refractivity contribution in [3.8, 4) is 5.75 Å². The van der Waals surface area contributed by atoms with Gasteiger partial charge >= 0.3 is 5.97 Å². The molecule has 24 heavy (non-hydrogen) atoms. The zero-order valence-electron chi connectivity index (χ0n) is 12.9. The molecule has 0 spiro atoms. The maximum absolute atomic E-state index is 10.7. The third kappa shape index (κ3) is 3.49. The molecule has 1 aromatic carbocycles. The molecule has 0 saturated heterocycles. The largest absolute Gasteiger partial charge is 0.483 e. The van der Waals surface area contributed by atoms with Crippen LogP contribution in [0, 0.1) is 0 Å². The van der Waals surface area contributed by atoms with Crippen molar-refractivity contribution in [2.75, 3.05) is 0 Å². The molecule has 0 saturated carbocycles. The van der Waals surface area contributed by atoms with E-state index in [4.69, 9.17) is 26.0 Å². The first-order valence-electron chi connectivity index (χ1n) is 7.42. The van der Waals surface area contributed by atoms with Crippen molar-refractivity contribution < 1.29 is 19.2 Å². The Balaban J connectivity index is 1.85. The van der Waals surface area contributed by atoms with Gasteiger partial charge in [0.15, 0.2) is 0 Å². The molecule has 124 valence electrons. The summed E-state index contributed by atoms with van der Waals surface area (Å²) >= 11 is 6.30. The van der Waals surface area contributed by atoms with Gasteiger partial charge in [0.05, 0.1) is 17.1 Å². The van der Waals surface area contributed by atoms with Gasteiger partial charge in [-0.2, -0.15) is 0 Å². The zero-order valence-corrected chi connectivity index (χ0v) is 13.7. The Hall–Kier alpha value is -2.60. The number of pyridine rings is 1. The van der Waals surface area contributed by atoms with E-state index < -0.39 is 5.97 Å². The number of aliphatic carboxylic acids is 1. The lowest BCUT2D eigenvalue weighted by Gasteiger charge is -2.15. The first-order chi connectivity index (χ1) is 11.5. The van der Waals surface area contributed by atoms with Gasteiger partial charge in [0, 0.05) is 24.1 Å². The van der Waals surface area contributed by atoms with E-state index >= 15 is 0 Å². The molecule has 3 aromatic rings. The number of hydrogen-bond donors (Lipinski definition) is 1. The maximum Gasteiger partial charge on any atom is 0.303 e. The number of carboxylic acid groups (broad SMARTS) is 1. The molecule has 1 atom stereocenters. The van der Waals surface area contributed by atoms with Crippen LogP contribution in [0.25, 0.3) is 10.9 Å². The van der Waals surface area contributed by atoms with E-state index in [1.807, 2.05) is 25.1 Å². The smallest absolute Gasteiger partial charge is 0.303 e. The first-order valence-corrected chi connectivity index (χ1v) is 7.79. The van der Waals surface area contributed by atoms with Crippen molar-refractivity contribution in [3.05, 3.63) is 53.0 Å². The molecular formula is C17H15ClN2O4. The predicted octanol–water partition coefficient (Wildman–Crippen LogP) is 4.03. The molecule has 3 rings (SSSR count). The van der Waals surface area contributed by atoms with Crippen molar-refractivity contribution in [3.63, 3.8) is 0 Å². The van der Waals surface area contributed by atoms with Crippen LogP contribution in [-0.2, 0) is 11.2 Å². The molecule has 6 nitrogen and oxygen atoms in total. The lowest BCUT2D eigenvalue weighted by Crippen LogP contribution is -2.05. The van der Waals surface area contributed by atoms with E-state index in [0.717, 1.165) is 5.69 Å². The first kappa shape index (κ1) is 16.3. The van der Waals surface area contributed by atoms with E-state index in [9.17, 15) is 4.79 Å². The van der Waals surface area contributed by atoms with Crippen LogP contribution in [0.15, 0.2) is 41.1 Å². The van der Waals surface area contributed by atoms with E-state index in [1.165, 1.54) is 0 Å². The Morgan fingerprint density at radius 1 is 1.42 bits per heavy atom. The number of carbonyl (C=O) groups is 1. The zero-order chi connectivity index (χ0) is 17.1. The molecule has 2 aromatic heterocycles. The number of ether oxygens (including phenoxy) is 1. The van der Waals surface area contributed by atoms with Crippen molar-refractivity contribution in [1.82, 2.24) is 10.1 Å². The van der Waals surface area contributed by atoms with Crippen molar-refractivity contribution >= 4 is 28.5 Å². The fourth-order valence-electron chi connectivity index (χ4n) is 2.35. The predicted molar refractivity (Wildman–Crippen MR) is 88.3 cm³/mol. The SMILES string of the molecule is CC(Oc1cc2noc(CCC(=O)O)c2cc1Cl)c1ccccn1. The molecule has 0 amide bonds. The summed E-state index contributed by atoms with van der Waals surface area (Å²) in [6.07, 6.45) is 1.65. The number of halogens is 1. The maximum atomic E-state index is 10.7. The fraction of sp³-hybridized carbons (Fsp3) is 0.235.